The molecule has 0 aliphatic carbocycles. The Kier molecular flexibility index (Phi) is 3.96. The molecule has 0 aromatic heterocycles. The van der Waals surface area contributed by atoms with Gasteiger partial charge in [-0.25, -0.2) is 4.39 Å². The maximum absolute atomic E-state index is 12.6. The second-order valence-corrected chi connectivity index (χ2v) is 2.05. The van der Waals surface area contributed by atoms with Gasteiger partial charge in [-0.2, -0.15) is 0 Å². The number of rotatable bonds is 2. The molecule has 10 heavy (non-hydrogen) atoms. The van der Waals surface area contributed by atoms with E-state index in [-0.39, 0.29) is 5.17 Å². The van der Waals surface area contributed by atoms with E-state index in [9.17, 15) is 4.39 Å². The van der Waals surface area contributed by atoms with Crippen molar-refractivity contribution >= 4 is 16.8 Å². The van der Waals surface area contributed by atoms with Crippen molar-refractivity contribution in [2.45, 2.75) is 6.92 Å². The van der Waals surface area contributed by atoms with Crippen LogP contribution in [0.15, 0.2) is 29.0 Å². The molecule has 0 aliphatic rings. The highest BCUT2D eigenvalue weighted by atomic mass is 35.5. The van der Waals surface area contributed by atoms with E-state index in [0.29, 0.717) is 5.57 Å². The molecule has 3 heteroatoms. The topological polar surface area (TPSA) is 12.4 Å². The lowest BCUT2D eigenvalue weighted by Gasteiger charge is -1.95. The fraction of sp³-hybridized carbons (Fsp3) is 0.286. The Morgan fingerprint density at radius 1 is 1.70 bits per heavy atom. The molecular formula is C7H9ClFN. The first-order chi connectivity index (χ1) is 4.63. The smallest absolute Gasteiger partial charge is 0.129 e. The Hall–Kier alpha value is -0.630. The molecular weight excluding hydrogens is 153 g/mol. The predicted octanol–water partition coefficient (Wildman–Crippen LogP) is 2.68. The summed E-state index contributed by atoms with van der Waals surface area (Å²) in [5.74, 6) is -0.435. The van der Waals surface area contributed by atoms with E-state index in [4.69, 9.17) is 11.6 Å². The van der Waals surface area contributed by atoms with Gasteiger partial charge in [-0.1, -0.05) is 18.2 Å². The Bertz CT molecular complexity index is 194. The second-order valence-electron chi connectivity index (χ2n) is 1.69. The van der Waals surface area contributed by atoms with E-state index in [1.807, 2.05) is 0 Å². The zero-order chi connectivity index (χ0) is 8.15. The van der Waals surface area contributed by atoms with Crippen molar-refractivity contribution in [3.63, 3.8) is 0 Å². The van der Waals surface area contributed by atoms with Gasteiger partial charge in [-0.05, 0) is 13.0 Å². The zero-order valence-electron chi connectivity index (χ0n) is 5.99. The van der Waals surface area contributed by atoms with E-state index in [1.54, 1.807) is 6.92 Å². The molecule has 1 nitrogen and oxygen atoms in total. The lowest BCUT2D eigenvalue weighted by Crippen LogP contribution is -1.90. The summed E-state index contributed by atoms with van der Waals surface area (Å²) in [5.41, 5.74) is 0.319. The summed E-state index contributed by atoms with van der Waals surface area (Å²) in [6.07, 6.45) is 1.10. The van der Waals surface area contributed by atoms with Crippen molar-refractivity contribution in [3.8, 4) is 0 Å². The highest BCUT2D eigenvalue weighted by molar-refractivity contribution is 6.69. The number of aliphatic imine (C=N–C) groups is 1. The van der Waals surface area contributed by atoms with Crippen LogP contribution in [-0.2, 0) is 0 Å². The molecule has 0 aromatic rings. The molecule has 0 spiro atoms. The van der Waals surface area contributed by atoms with Crippen LogP contribution in [0.4, 0.5) is 4.39 Å². The number of hydrogen-bond acceptors (Lipinski definition) is 1. The predicted molar refractivity (Wildman–Crippen MR) is 43.2 cm³/mol. The maximum Gasteiger partial charge on any atom is 0.129 e. The summed E-state index contributed by atoms with van der Waals surface area (Å²) in [4.78, 5) is 3.59. The van der Waals surface area contributed by atoms with Crippen LogP contribution in [0.3, 0.4) is 0 Å². The standard InChI is InChI=1S/C7H9ClFN/c1-4-6(9)5(2)7(8)10-3/h4H,1H2,2-3H3/b6-5+,10-7?. The van der Waals surface area contributed by atoms with Gasteiger partial charge in [0.25, 0.3) is 0 Å². The molecule has 56 valence electrons. The summed E-state index contributed by atoms with van der Waals surface area (Å²) >= 11 is 5.49. The van der Waals surface area contributed by atoms with Gasteiger partial charge in [0.05, 0.1) is 0 Å². The van der Waals surface area contributed by atoms with E-state index >= 15 is 0 Å². The molecule has 0 bridgehead atoms. The largest absolute Gasteiger partial charge is 0.276 e. The van der Waals surface area contributed by atoms with Gasteiger partial charge < -0.3 is 0 Å². The first-order valence-corrected chi connectivity index (χ1v) is 3.12. The quantitative estimate of drug-likeness (QED) is 0.436. The Morgan fingerprint density at radius 3 is 2.50 bits per heavy atom. The average Bonchev–Trinajstić information content (AvgIpc) is 2.00. The fourth-order valence-corrected chi connectivity index (χ4v) is 0.510. The van der Waals surface area contributed by atoms with Crippen LogP contribution in [0, 0.1) is 0 Å². The van der Waals surface area contributed by atoms with E-state index in [1.165, 1.54) is 7.05 Å². The number of halogens is 2. The third kappa shape index (κ3) is 2.31. The van der Waals surface area contributed by atoms with Crippen LogP contribution in [-0.4, -0.2) is 12.2 Å². The minimum atomic E-state index is -0.435. The molecule has 0 unspecified atom stereocenters. The second kappa shape index (κ2) is 4.23. The van der Waals surface area contributed by atoms with Crippen molar-refractivity contribution in [2.24, 2.45) is 4.99 Å². The summed E-state index contributed by atoms with van der Waals surface area (Å²) in [7, 11) is 1.50. The SMILES string of the molecule is C=C/C(F)=C(/C)C(Cl)=NC. The lowest BCUT2D eigenvalue weighted by molar-refractivity contribution is 0.661. The van der Waals surface area contributed by atoms with Crippen LogP contribution in [0.25, 0.3) is 0 Å². The van der Waals surface area contributed by atoms with Crippen molar-refractivity contribution in [1.29, 1.82) is 0 Å². The highest BCUT2D eigenvalue weighted by Gasteiger charge is 2.00. The van der Waals surface area contributed by atoms with Crippen molar-refractivity contribution < 1.29 is 4.39 Å². The molecule has 0 saturated carbocycles. The molecule has 0 amide bonds. The highest BCUT2D eigenvalue weighted by Crippen LogP contribution is 2.10. The van der Waals surface area contributed by atoms with E-state index in [2.05, 4.69) is 11.6 Å². The fourth-order valence-electron chi connectivity index (χ4n) is 0.419. The summed E-state index contributed by atoms with van der Waals surface area (Å²) in [6.45, 7) is 4.80. The number of nitrogens with zero attached hydrogens (tertiary/aromatic N) is 1. The maximum atomic E-state index is 12.6. The van der Waals surface area contributed by atoms with Crippen LogP contribution in [0.1, 0.15) is 6.92 Å². The van der Waals surface area contributed by atoms with E-state index in [0.717, 1.165) is 6.08 Å². The summed E-state index contributed by atoms with van der Waals surface area (Å²) in [5, 5.41) is 0.178. The van der Waals surface area contributed by atoms with Crippen molar-refractivity contribution in [2.75, 3.05) is 7.05 Å². The van der Waals surface area contributed by atoms with Crippen molar-refractivity contribution in [3.05, 3.63) is 24.1 Å². The van der Waals surface area contributed by atoms with E-state index < -0.39 is 5.83 Å². The Balaban J connectivity index is 4.63. The van der Waals surface area contributed by atoms with Crippen molar-refractivity contribution in [1.82, 2.24) is 0 Å². The molecule has 0 saturated heterocycles. The first kappa shape index (κ1) is 9.37. The van der Waals surface area contributed by atoms with Gasteiger partial charge in [0, 0.05) is 12.6 Å². The van der Waals surface area contributed by atoms with Crippen LogP contribution < -0.4 is 0 Å². The van der Waals surface area contributed by atoms with Gasteiger partial charge in [-0.3, -0.25) is 4.99 Å². The zero-order valence-corrected chi connectivity index (χ0v) is 6.74. The monoisotopic (exact) mass is 161 g/mol. The molecule has 0 atom stereocenters. The average molecular weight is 162 g/mol. The molecule has 0 heterocycles. The third-order valence-electron chi connectivity index (χ3n) is 1.04. The third-order valence-corrected chi connectivity index (χ3v) is 1.50. The minimum absolute atomic E-state index is 0.178. The van der Waals surface area contributed by atoms with Crippen LogP contribution in [0.5, 0.6) is 0 Å². The molecule has 0 N–H and O–H groups in total. The number of allylic oxidation sites excluding steroid dienone is 3. The summed E-state index contributed by atoms with van der Waals surface area (Å²) in [6, 6.07) is 0. The normalized spacial score (nSPS) is 14.6. The van der Waals surface area contributed by atoms with Gasteiger partial charge in [0.1, 0.15) is 11.0 Å². The summed E-state index contributed by atoms with van der Waals surface area (Å²) < 4.78 is 12.6. The Morgan fingerprint density at radius 2 is 2.20 bits per heavy atom. The van der Waals surface area contributed by atoms with Gasteiger partial charge in [-0.15, -0.1) is 0 Å². The van der Waals surface area contributed by atoms with Gasteiger partial charge >= 0.3 is 0 Å². The molecule has 0 aromatic carbocycles. The van der Waals surface area contributed by atoms with Gasteiger partial charge in [0.15, 0.2) is 0 Å². The van der Waals surface area contributed by atoms with Crippen LogP contribution >= 0.6 is 11.6 Å². The lowest BCUT2D eigenvalue weighted by atomic mass is 10.3. The Labute approximate surface area is 64.9 Å². The minimum Gasteiger partial charge on any atom is -0.276 e. The molecule has 0 rings (SSSR count). The van der Waals surface area contributed by atoms with Crippen LogP contribution in [0.2, 0.25) is 0 Å². The molecule has 0 aliphatic heterocycles. The number of hydrogen-bond donors (Lipinski definition) is 0. The molecule has 0 fully saturated rings. The first-order valence-electron chi connectivity index (χ1n) is 2.75. The van der Waals surface area contributed by atoms with Gasteiger partial charge in [0.2, 0.25) is 0 Å². The molecule has 0 radical (unpaired) electrons.